The summed E-state index contributed by atoms with van der Waals surface area (Å²) in [6.45, 7) is 15.1. The van der Waals surface area contributed by atoms with Crippen LogP contribution in [0, 0.1) is 39.7 Å². The second-order valence-electron chi connectivity index (χ2n) is 21.1. The van der Waals surface area contributed by atoms with Gasteiger partial charge in [0.2, 0.25) is 0 Å². The number of carbonyl (C=O) groups is 2. The molecule has 13 atom stereocenters. The van der Waals surface area contributed by atoms with E-state index in [1.165, 1.54) is 49.9 Å². The molecule has 1 aromatic rings. The molecule has 71 heavy (non-hydrogen) atoms. The first-order chi connectivity index (χ1) is 33.9. The summed E-state index contributed by atoms with van der Waals surface area (Å²) >= 11 is 9.53. The fourth-order valence-corrected chi connectivity index (χ4v) is 11.4. The lowest BCUT2D eigenvalue weighted by atomic mass is 9.68. The molecule has 8 aliphatic rings. The van der Waals surface area contributed by atoms with Crippen LogP contribution in [0.5, 0.6) is 5.75 Å². The van der Waals surface area contributed by atoms with Gasteiger partial charge >= 0.3 is 12.2 Å². The Hall–Kier alpha value is -3.10. The summed E-state index contributed by atoms with van der Waals surface area (Å²) in [4.78, 5) is 37.2. The number of nitro benzene ring substituents is 1. The number of nitrogens with zero attached hydrogens (tertiary/aromatic N) is 2. The zero-order valence-corrected chi connectivity index (χ0v) is 44.2. The first-order valence-corrected chi connectivity index (χ1v) is 26.4. The van der Waals surface area contributed by atoms with Gasteiger partial charge in [-0.2, -0.15) is 0 Å². The molecule has 3 aliphatic carbocycles. The summed E-state index contributed by atoms with van der Waals surface area (Å²) in [5, 5.41) is 29.1. The number of amides is 1. The van der Waals surface area contributed by atoms with Crippen molar-refractivity contribution < 1.29 is 67.4 Å². The fourth-order valence-electron chi connectivity index (χ4n) is 11.4. The highest BCUT2D eigenvalue weighted by Gasteiger charge is 2.73. The molecule has 0 bridgehead atoms. The molecule has 8 fully saturated rings. The Labute approximate surface area is 429 Å². The number of aliphatic hydroxyl groups is 2. The molecule has 1 amide bonds. The maximum atomic E-state index is 12.8. The molecule has 5 aliphatic heterocycles. The van der Waals surface area contributed by atoms with Gasteiger partial charge in [0.05, 0.1) is 48.0 Å². The van der Waals surface area contributed by atoms with E-state index in [1.54, 1.807) is 19.1 Å². The number of carbonyl (C=O) groups excluding carboxylic acids is 2. The van der Waals surface area contributed by atoms with Gasteiger partial charge in [-0.05, 0) is 95.1 Å². The van der Waals surface area contributed by atoms with E-state index < -0.39 is 28.9 Å². The van der Waals surface area contributed by atoms with Crippen LogP contribution in [0.15, 0.2) is 48.6 Å². The second-order valence-corrected chi connectivity index (χ2v) is 21.9. The average molecular weight is 1040 g/mol. The number of aliphatic hydroxyl groups excluding tert-OH is 2. The topological polar surface area (TPSA) is 217 Å². The molecule has 19 heteroatoms. The maximum absolute atomic E-state index is 12.8. The molecule has 5 unspecified atom stereocenters. The number of rotatable bonds is 14. The highest BCUT2D eigenvalue weighted by molar-refractivity contribution is 6.40. The Bertz CT molecular complexity index is 1960. The van der Waals surface area contributed by atoms with Crippen molar-refractivity contribution in [1.82, 2.24) is 4.90 Å². The number of non-ortho nitro benzene ring substituents is 1. The van der Waals surface area contributed by atoms with Gasteiger partial charge in [0.25, 0.3) is 5.69 Å². The predicted octanol–water partition coefficient (Wildman–Crippen LogP) is 9.14. The van der Waals surface area contributed by atoms with Crippen LogP contribution in [0.3, 0.4) is 0 Å². The number of hydrogen-bond donors (Lipinski definition) is 2. The lowest BCUT2D eigenvalue weighted by Crippen LogP contribution is -2.56. The van der Waals surface area contributed by atoms with Crippen molar-refractivity contribution in [3.05, 3.63) is 58.7 Å². The Morgan fingerprint density at radius 2 is 1.27 bits per heavy atom. The fraction of sp³-hybridized carbons (Fsp3) is 0.769. The van der Waals surface area contributed by atoms with Gasteiger partial charge in [-0.1, -0.05) is 64.8 Å². The summed E-state index contributed by atoms with van der Waals surface area (Å²) < 4.78 is 52.7. The van der Waals surface area contributed by atoms with Gasteiger partial charge in [-0.15, -0.1) is 23.2 Å². The van der Waals surface area contributed by atoms with Crippen LogP contribution in [-0.2, 0) is 37.9 Å². The molecule has 0 radical (unpaired) electrons. The Morgan fingerprint density at radius 1 is 0.789 bits per heavy atom. The number of benzene rings is 1. The number of hydrogen-bond acceptors (Lipinski definition) is 15. The van der Waals surface area contributed by atoms with E-state index in [2.05, 4.69) is 65.8 Å². The van der Waals surface area contributed by atoms with E-state index in [4.69, 9.17) is 70.9 Å². The van der Waals surface area contributed by atoms with Gasteiger partial charge in [0, 0.05) is 39.5 Å². The lowest BCUT2D eigenvalue weighted by Gasteiger charge is -2.43. The van der Waals surface area contributed by atoms with Crippen LogP contribution < -0.4 is 4.74 Å². The maximum Gasteiger partial charge on any atom is 0.514 e. The van der Waals surface area contributed by atoms with Gasteiger partial charge in [0.15, 0.2) is 0 Å². The van der Waals surface area contributed by atoms with Gasteiger partial charge in [-0.3, -0.25) is 10.1 Å². The molecule has 2 N–H and O–H groups in total. The van der Waals surface area contributed by atoms with Crippen molar-refractivity contribution >= 4 is 41.1 Å². The summed E-state index contributed by atoms with van der Waals surface area (Å²) in [6.07, 6.45) is 15.5. The summed E-state index contributed by atoms with van der Waals surface area (Å²) in [6, 6.07) is 5.10. The number of likely N-dealkylation sites (tertiary alicyclic amines) is 1. The molecule has 2 spiro atoms. The third kappa shape index (κ3) is 14.0. The minimum absolute atomic E-state index is 0.000536. The highest BCUT2D eigenvalue weighted by atomic mass is 35.5. The summed E-state index contributed by atoms with van der Waals surface area (Å²) in [5.41, 5.74) is -1.49. The van der Waals surface area contributed by atoms with Gasteiger partial charge in [0.1, 0.15) is 64.8 Å². The molecule has 0 aromatic heterocycles. The molecular formula is C52H78Cl2N2O15. The number of alkyl halides is 2. The van der Waals surface area contributed by atoms with Crippen molar-refractivity contribution in [3.8, 4) is 5.75 Å². The number of epoxide rings is 4. The minimum atomic E-state index is -0.879. The van der Waals surface area contributed by atoms with Crippen molar-refractivity contribution in [2.45, 2.75) is 171 Å². The van der Waals surface area contributed by atoms with Gasteiger partial charge < -0.3 is 57.7 Å². The Kier molecular flexibility index (Phi) is 20.1. The van der Waals surface area contributed by atoms with E-state index in [9.17, 15) is 24.8 Å². The molecule has 1 aromatic carbocycles. The van der Waals surface area contributed by atoms with E-state index in [-0.39, 0.29) is 88.6 Å². The number of allylic oxidation sites excluding steroid dienone is 2. The SMILES string of the molecule is COC1C([C@@]2(C)O[C@@H]2/C=C/C(C)C)[C@]2(CC[C@H]1OC(=O)N1CCCC1CO)CO2.COC1C([C@@]2(C)O[C@@H]2/C=C/C(C)C)[C@]2(CC[C@H]1OC(=O)Oc1ccc([N+](=O)[O-])cc1)CO2.ClCCl.OCC1CCCC1. The number of nitro groups is 1. The molecule has 3 saturated carbocycles. The zero-order chi connectivity index (χ0) is 51.7. The average Bonchev–Trinajstić information content (AvgIpc) is 4.33. The van der Waals surface area contributed by atoms with Crippen LogP contribution in [0.25, 0.3) is 0 Å². The van der Waals surface area contributed by atoms with Crippen LogP contribution in [0.1, 0.15) is 106 Å². The monoisotopic (exact) mass is 1040 g/mol. The Morgan fingerprint density at radius 3 is 1.66 bits per heavy atom. The first-order valence-electron chi connectivity index (χ1n) is 25.4. The van der Waals surface area contributed by atoms with E-state index in [1.807, 2.05) is 0 Å². The quantitative estimate of drug-likeness (QED) is 0.0338. The van der Waals surface area contributed by atoms with Crippen molar-refractivity contribution in [1.29, 1.82) is 0 Å². The number of methoxy groups -OCH3 is 2. The smallest absolute Gasteiger partial charge is 0.443 e. The van der Waals surface area contributed by atoms with Crippen molar-refractivity contribution in [3.63, 3.8) is 0 Å². The number of halogens is 2. The third-order valence-electron chi connectivity index (χ3n) is 15.5. The largest absolute Gasteiger partial charge is 0.514 e. The molecular weight excluding hydrogens is 963 g/mol. The zero-order valence-electron chi connectivity index (χ0n) is 42.7. The van der Waals surface area contributed by atoms with Crippen LogP contribution in [0.4, 0.5) is 15.3 Å². The van der Waals surface area contributed by atoms with Crippen LogP contribution in [0.2, 0.25) is 0 Å². The normalized spacial score (nSPS) is 36.7. The summed E-state index contributed by atoms with van der Waals surface area (Å²) in [7, 11) is 3.28. The molecule has 17 nitrogen and oxygen atoms in total. The summed E-state index contributed by atoms with van der Waals surface area (Å²) in [5.74, 6) is 1.60. The van der Waals surface area contributed by atoms with Crippen LogP contribution >= 0.6 is 23.2 Å². The van der Waals surface area contributed by atoms with Crippen LogP contribution in [-0.4, -0.2) is 150 Å². The van der Waals surface area contributed by atoms with E-state index >= 15 is 0 Å². The van der Waals surface area contributed by atoms with E-state index in [0.717, 1.165) is 25.7 Å². The number of ether oxygens (including phenoxy) is 9. The van der Waals surface area contributed by atoms with E-state index in [0.29, 0.717) is 57.0 Å². The standard InChI is InChI=1S/C23H29NO8.C22H35NO6.C6H12O.CH2Cl2/c1-14(2)5-10-18-22(3,32-18)20-19(28-4)17(11-12-23(20)13-29-23)31-21(25)30-16-8-6-15(7-9-16)24(26)27;1-14(2)7-8-17-21(3,29-17)19-18(26-4)16(9-10-22(19)13-27-22)28-20(25)23-11-5-6-15(23)12-24;7-5-6-3-1-2-4-6;2-1-3/h5-10,14,17-20H,11-13H2,1-4H3;7-8,14-19,24H,5-6,9-13H2,1-4H3;6-7H,1-5H2;1H2/b10-5+;8-7+;;/t17-,18-,19?,20?,22+,23+;15?,16-,17-,18?,19?,21+,22+;;/m11../s1. The molecule has 9 rings (SSSR count). The molecule has 5 saturated heterocycles. The third-order valence-corrected chi connectivity index (χ3v) is 15.5. The highest BCUT2D eigenvalue weighted by Crippen LogP contribution is 2.60. The van der Waals surface area contributed by atoms with Crippen molar-refractivity contribution in [2.75, 3.05) is 52.5 Å². The first kappa shape index (κ1) is 57.2. The Balaban J connectivity index is 0.000000195. The predicted molar refractivity (Wildman–Crippen MR) is 266 cm³/mol. The minimum Gasteiger partial charge on any atom is -0.443 e. The lowest BCUT2D eigenvalue weighted by molar-refractivity contribution is -0.384. The second kappa shape index (κ2) is 25.0. The molecule has 5 heterocycles. The molecule has 400 valence electrons. The van der Waals surface area contributed by atoms with Crippen molar-refractivity contribution in [2.24, 2.45) is 29.6 Å². The van der Waals surface area contributed by atoms with Gasteiger partial charge in [-0.25, -0.2) is 9.59 Å².